The van der Waals surface area contributed by atoms with E-state index in [9.17, 15) is 4.79 Å². The minimum absolute atomic E-state index is 0.0615. The zero-order valence-electron chi connectivity index (χ0n) is 16.2. The number of likely N-dealkylation sites (tertiary alicyclic amines) is 1. The molecule has 1 fully saturated rings. The standard InChI is InChI=1S/C21H24N6O/c1-3-27-14-18(12-24-27)21(28)26-10-6-17(7-11-26)20-19(13-23-15(2)25-20)16-4-8-22-9-5-16/h4-5,8-9,12-14,17H,3,6-7,10-11H2,1-2H3. The van der Waals surface area contributed by atoms with E-state index in [4.69, 9.17) is 4.98 Å². The third kappa shape index (κ3) is 3.65. The maximum atomic E-state index is 12.8. The highest BCUT2D eigenvalue weighted by atomic mass is 16.2. The van der Waals surface area contributed by atoms with Gasteiger partial charge in [0.2, 0.25) is 0 Å². The van der Waals surface area contributed by atoms with Crippen LogP contribution in [0.1, 0.15) is 47.6 Å². The maximum absolute atomic E-state index is 12.8. The summed E-state index contributed by atoms with van der Waals surface area (Å²) in [4.78, 5) is 28.0. The molecule has 1 amide bonds. The lowest BCUT2D eigenvalue weighted by molar-refractivity contribution is 0.0712. The van der Waals surface area contributed by atoms with Gasteiger partial charge in [-0.05, 0) is 44.4 Å². The van der Waals surface area contributed by atoms with Gasteiger partial charge in [0.25, 0.3) is 5.91 Å². The van der Waals surface area contributed by atoms with Gasteiger partial charge in [0.15, 0.2) is 0 Å². The van der Waals surface area contributed by atoms with E-state index >= 15 is 0 Å². The number of piperidine rings is 1. The van der Waals surface area contributed by atoms with Crippen molar-refractivity contribution in [2.75, 3.05) is 13.1 Å². The molecule has 0 radical (unpaired) electrons. The lowest BCUT2D eigenvalue weighted by Gasteiger charge is -2.32. The van der Waals surface area contributed by atoms with Crippen LogP contribution in [0.15, 0.2) is 43.1 Å². The van der Waals surface area contributed by atoms with Crippen molar-refractivity contribution in [3.8, 4) is 11.1 Å². The molecule has 3 aromatic rings. The Morgan fingerprint density at radius 3 is 2.61 bits per heavy atom. The van der Waals surface area contributed by atoms with Gasteiger partial charge in [-0.3, -0.25) is 14.5 Å². The second-order valence-electron chi connectivity index (χ2n) is 7.10. The molecule has 0 aliphatic carbocycles. The van der Waals surface area contributed by atoms with Gasteiger partial charge >= 0.3 is 0 Å². The molecule has 4 heterocycles. The number of amides is 1. The third-order valence-corrected chi connectivity index (χ3v) is 5.30. The predicted molar refractivity (Wildman–Crippen MR) is 106 cm³/mol. The molecule has 0 spiro atoms. The summed E-state index contributed by atoms with van der Waals surface area (Å²) in [5.41, 5.74) is 3.87. The number of pyridine rings is 1. The Kier molecular flexibility index (Phi) is 5.14. The molecule has 3 aromatic heterocycles. The molecular formula is C21H24N6O. The van der Waals surface area contributed by atoms with Gasteiger partial charge in [-0.15, -0.1) is 0 Å². The van der Waals surface area contributed by atoms with Crippen LogP contribution in [-0.4, -0.2) is 48.6 Å². The topological polar surface area (TPSA) is 76.8 Å². The van der Waals surface area contributed by atoms with Crippen molar-refractivity contribution in [1.29, 1.82) is 0 Å². The fraction of sp³-hybridized carbons (Fsp3) is 0.381. The number of hydrogen-bond acceptors (Lipinski definition) is 5. The average Bonchev–Trinajstić information content (AvgIpc) is 3.23. The van der Waals surface area contributed by atoms with Crippen LogP contribution in [0.25, 0.3) is 11.1 Å². The Morgan fingerprint density at radius 2 is 1.93 bits per heavy atom. The lowest BCUT2D eigenvalue weighted by Crippen LogP contribution is -2.38. The van der Waals surface area contributed by atoms with Crippen LogP contribution in [0.4, 0.5) is 0 Å². The molecule has 0 N–H and O–H groups in total. The first-order chi connectivity index (χ1) is 13.7. The molecule has 0 bridgehead atoms. The minimum Gasteiger partial charge on any atom is -0.339 e. The second-order valence-corrected chi connectivity index (χ2v) is 7.10. The SMILES string of the molecule is CCn1cc(C(=O)N2CCC(c3nc(C)ncc3-c3ccncc3)CC2)cn1. The number of nitrogens with zero attached hydrogens (tertiary/aromatic N) is 6. The number of rotatable bonds is 4. The van der Waals surface area contributed by atoms with Crippen molar-refractivity contribution in [2.45, 2.75) is 39.2 Å². The van der Waals surface area contributed by atoms with Crippen molar-refractivity contribution in [1.82, 2.24) is 29.6 Å². The van der Waals surface area contributed by atoms with E-state index in [1.807, 2.05) is 43.3 Å². The zero-order valence-corrected chi connectivity index (χ0v) is 16.2. The van der Waals surface area contributed by atoms with E-state index in [2.05, 4.69) is 15.1 Å². The molecule has 1 aliphatic rings. The van der Waals surface area contributed by atoms with Gasteiger partial charge in [-0.25, -0.2) is 9.97 Å². The Labute approximate surface area is 164 Å². The molecule has 0 atom stereocenters. The number of carbonyl (C=O) groups excluding carboxylic acids is 1. The van der Waals surface area contributed by atoms with E-state index in [0.29, 0.717) is 11.5 Å². The molecule has 4 rings (SSSR count). The summed E-state index contributed by atoms with van der Waals surface area (Å²) in [5.74, 6) is 1.15. The first-order valence-electron chi connectivity index (χ1n) is 9.71. The van der Waals surface area contributed by atoms with Crippen LogP contribution in [-0.2, 0) is 6.54 Å². The largest absolute Gasteiger partial charge is 0.339 e. The molecule has 0 unspecified atom stereocenters. The van der Waals surface area contributed by atoms with Crippen LogP contribution in [0.2, 0.25) is 0 Å². The van der Waals surface area contributed by atoms with E-state index < -0.39 is 0 Å². The maximum Gasteiger partial charge on any atom is 0.257 e. The fourth-order valence-electron chi connectivity index (χ4n) is 3.74. The van der Waals surface area contributed by atoms with Crippen LogP contribution < -0.4 is 0 Å². The molecule has 0 saturated carbocycles. The smallest absolute Gasteiger partial charge is 0.257 e. The summed E-state index contributed by atoms with van der Waals surface area (Å²) < 4.78 is 1.78. The Balaban J connectivity index is 1.51. The molecule has 0 aromatic carbocycles. The molecule has 144 valence electrons. The Hall–Kier alpha value is -3.09. The van der Waals surface area contributed by atoms with E-state index in [-0.39, 0.29) is 5.91 Å². The fourth-order valence-corrected chi connectivity index (χ4v) is 3.74. The monoisotopic (exact) mass is 376 g/mol. The van der Waals surface area contributed by atoms with Gasteiger partial charge in [-0.2, -0.15) is 5.10 Å². The lowest BCUT2D eigenvalue weighted by atomic mass is 9.89. The van der Waals surface area contributed by atoms with Gasteiger partial charge in [0.1, 0.15) is 5.82 Å². The zero-order chi connectivity index (χ0) is 19.5. The molecular weight excluding hydrogens is 352 g/mol. The van der Waals surface area contributed by atoms with Gasteiger partial charge in [-0.1, -0.05) is 0 Å². The molecule has 28 heavy (non-hydrogen) atoms. The first kappa shape index (κ1) is 18.3. The number of aromatic nitrogens is 5. The Bertz CT molecular complexity index is 960. The van der Waals surface area contributed by atoms with Crippen LogP contribution in [0.5, 0.6) is 0 Å². The van der Waals surface area contributed by atoms with Crippen molar-refractivity contribution in [3.05, 3.63) is 60.2 Å². The summed E-state index contributed by atoms with van der Waals surface area (Å²) in [6.07, 6.45) is 10.7. The van der Waals surface area contributed by atoms with E-state index in [1.165, 1.54) is 0 Å². The second kappa shape index (κ2) is 7.88. The molecule has 7 heteroatoms. The first-order valence-corrected chi connectivity index (χ1v) is 9.71. The highest BCUT2D eigenvalue weighted by Gasteiger charge is 2.28. The normalized spacial score (nSPS) is 15.0. The van der Waals surface area contributed by atoms with Crippen molar-refractivity contribution in [2.24, 2.45) is 0 Å². The average molecular weight is 376 g/mol. The predicted octanol–water partition coefficient (Wildman–Crippen LogP) is 3.08. The van der Waals surface area contributed by atoms with Crippen molar-refractivity contribution in [3.63, 3.8) is 0 Å². The van der Waals surface area contributed by atoms with Gasteiger partial charge in [0.05, 0.1) is 17.5 Å². The van der Waals surface area contributed by atoms with Gasteiger partial charge < -0.3 is 4.90 Å². The molecule has 7 nitrogen and oxygen atoms in total. The third-order valence-electron chi connectivity index (χ3n) is 5.30. The quantitative estimate of drug-likeness (QED) is 0.699. The van der Waals surface area contributed by atoms with Crippen LogP contribution in [0.3, 0.4) is 0 Å². The van der Waals surface area contributed by atoms with Crippen molar-refractivity contribution < 1.29 is 4.79 Å². The number of hydrogen-bond donors (Lipinski definition) is 0. The summed E-state index contributed by atoms with van der Waals surface area (Å²) in [7, 11) is 0. The highest BCUT2D eigenvalue weighted by molar-refractivity contribution is 5.93. The highest BCUT2D eigenvalue weighted by Crippen LogP contribution is 2.34. The summed E-state index contributed by atoms with van der Waals surface area (Å²) in [6, 6.07) is 3.98. The van der Waals surface area contributed by atoms with Crippen molar-refractivity contribution >= 4 is 5.91 Å². The number of carbonyl (C=O) groups is 1. The minimum atomic E-state index is 0.0615. The molecule has 1 aliphatic heterocycles. The van der Waals surface area contributed by atoms with E-state index in [0.717, 1.165) is 55.1 Å². The van der Waals surface area contributed by atoms with Crippen LogP contribution >= 0.6 is 0 Å². The summed E-state index contributed by atoms with van der Waals surface area (Å²) >= 11 is 0. The van der Waals surface area contributed by atoms with E-state index in [1.54, 1.807) is 23.3 Å². The molecule has 1 saturated heterocycles. The van der Waals surface area contributed by atoms with Crippen LogP contribution in [0, 0.1) is 6.92 Å². The summed E-state index contributed by atoms with van der Waals surface area (Å²) in [5, 5.41) is 4.22. The number of aryl methyl sites for hydroxylation is 2. The van der Waals surface area contributed by atoms with Gasteiger partial charge in [0, 0.05) is 55.9 Å². The Morgan fingerprint density at radius 1 is 1.18 bits per heavy atom. The summed E-state index contributed by atoms with van der Waals surface area (Å²) in [6.45, 7) is 6.14.